The van der Waals surface area contributed by atoms with Gasteiger partial charge in [0.1, 0.15) is 0 Å². The van der Waals surface area contributed by atoms with Crippen LogP contribution < -0.4 is 15.8 Å². The van der Waals surface area contributed by atoms with Crippen LogP contribution in [0.15, 0.2) is 17.1 Å². The lowest BCUT2D eigenvalue weighted by atomic mass is 10.3. The molecule has 0 aromatic carbocycles. The third-order valence-electron chi connectivity index (χ3n) is 4.08. The van der Waals surface area contributed by atoms with Gasteiger partial charge in [-0.15, -0.1) is 0 Å². The first-order chi connectivity index (χ1) is 10.3. The van der Waals surface area contributed by atoms with E-state index < -0.39 is 0 Å². The fourth-order valence-corrected chi connectivity index (χ4v) is 2.82. The lowest BCUT2D eigenvalue weighted by molar-refractivity contribution is 0.0153. The standard InChI is InChI=1S/C14H22N4O3/c1-20-12-2-4-17(9-12)11-6-14(19)18(16-7-11)10-13-8-15-3-5-21-13/h6-7,12-13,15H,2-5,8-10H2,1H3. The molecule has 0 saturated carbocycles. The molecule has 1 N–H and O–H groups in total. The number of morpholine rings is 1. The zero-order valence-corrected chi connectivity index (χ0v) is 12.3. The normalized spacial score (nSPS) is 26.2. The van der Waals surface area contributed by atoms with Gasteiger partial charge in [0.25, 0.3) is 5.56 Å². The van der Waals surface area contributed by atoms with Crippen LogP contribution >= 0.6 is 0 Å². The summed E-state index contributed by atoms with van der Waals surface area (Å²) in [5.41, 5.74) is 0.793. The van der Waals surface area contributed by atoms with Gasteiger partial charge in [-0.2, -0.15) is 5.10 Å². The highest BCUT2D eigenvalue weighted by Crippen LogP contribution is 2.19. The average molecular weight is 294 g/mol. The van der Waals surface area contributed by atoms with E-state index in [1.807, 2.05) is 0 Å². The van der Waals surface area contributed by atoms with E-state index in [2.05, 4.69) is 15.3 Å². The van der Waals surface area contributed by atoms with Crippen LogP contribution in [-0.4, -0.2) is 61.9 Å². The van der Waals surface area contributed by atoms with Crippen molar-refractivity contribution in [3.8, 4) is 0 Å². The lowest BCUT2D eigenvalue weighted by Gasteiger charge is -2.24. The molecule has 21 heavy (non-hydrogen) atoms. The van der Waals surface area contributed by atoms with E-state index in [1.165, 1.54) is 4.68 Å². The SMILES string of the molecule is COC1CCN(c2cnn(CC3CNCCO3)c(=O)c2)C1. The predicted molar refractivity (Wildman–Crippen MR) is 78.7 cm³/mol. The summed E-state index contributed by atoms with van der Waals surface area (Å²) in [5, 5.41) is 7.53. The minimum absolute atomic E-state index is 0.0134. The summed E-state index contributed by atoms with van der Waals surface area (Å²) in [6.45, 7) is 4.53. The van der Waals surface area contributed by atoms with Crippen LogP contribution in [0.4, 0.5) is 5.69 Å². The van der Waals surface area contributed by atoms with Crippen molar-refractivity contribution < 1.29 is 9.47 Å². The van der Waals surface area contributed by atoms with Crippen LogP contribution in [0.1, 0.15) is 6.42 Å². The fraction of sp³-hybridized carbons (Fsp3) is 0.714. The molecular weight excluding hydrogens is 272 g/mol. The van der Waals surface area contributed by atoms with Gasteiger partial charge in [-0.3, -0.25) is 4.79 Å². The Kier molecular flexibility index (Phi) is 4.52. The van der Waals surface area contributed by atoms with E-state index >= 15 is 0 Å². The average Bonchev–Trinajstić information content (AvgIpc) is 2.99. The van der Waals surface area contributed by atoms with Gasteiger partial charge in [-0.05, 0) is 6.42 Å². The summed E-state index contributed by atoms with van der Waals surface area (Å²) in [5.74, 6) is 0. The zero-order chi connectivity index (χ0) is 14.7. The molecule has 3 heterocycles. The molecular formula is C14H22N4O3. The van der Waals surface area contributed by atoms with Crippen molar-refractivity contribution >= 4 is 5.69 Å². The van der Waals surface area contributed by atoms with Crippen molar-refractivity contribution in [3.05, 3.63) is 22.6 Å². The van der Waals surface area contributed by atoms with Crippen molar-refractivity contribution in [2.75, 3.05) is 44.8 Å². The molecule has 0 aliphatic carbocycles. The molecule has 2 fully saturated rings. The maximum atomic E-state index is 12.2. The molecule has 2 aliphatic heterocycles. The largest absolute Gasteiger partial charge is 0.380 e. The van der Waals surface area contributed by atoms with Crippen LogP contribution in [0, 0.1) is 0 Å². The van der Waals surface area contributed by atoms with Gasteiger partial charge in [-0.25, -0.2) is 4.68 Å². The van der Waals surface area contributed by atoms with Crippen molar-refractivity contribution in [2.24, 2.45) is 0 Å². The number of nitrogens with zero attached hydrogens (tertiary/aromatic N) is 3. The monoisotopic (exact) mass is 294 g/mol. The molecule has 2 aliphatic rings. The zero-order valence-electron chi connectivity index (χ0n) is 12.3. The summed E-state index contributed by atoms with van der Waals surface area (Å²) >= 11 is 0. The fourth-order valence-electron chi connectivity index (χ4n) is 2.82. The second kappa shape index (κ2) is 6.55. The Balaban J connectivity index is 1.66. The quantitative estimate of drug-likeness (QED) is 0.804. The number of hydrogen-bond donors (Lipinski definition) is 1. The van der Waals surface area contributed by atoms with Gasteiger partial charge in [0.15, 0.2) is 0 Å². The third-order valence-corrected chi connectivity index (χ3v) is 4.08. The smallest absolute Gasteiger partial charge is 0.268 e. The molecule has 0 spiro atoms. The first kappa shape index (κ1) is 14.5. The summed E-state index contributed by atoms with van der Waals surface area (Å²) in [7, 11) is 1.72. The van der Waals surface area contributed by atoms with Crippen LogP contribution in [-0.2, 0) is 16.0 Å². The number of hydrogen-bond acceptors (Lipinski definition) is 6. The highest BCUT2D eigenvalue weighted by Gasteiger charge is 2.23. The van der Waals surface area contributed by atoms with Crippen LogP contribution in [0.25, 0.3) is 0 Å². The van der Waals surface area contributed by atoms with Crippen LogP contribution in [0.5, 0.6) is 0 Å². The highest BCUT2D eigenvalue weighted by atomic mass is 16.5. The molecule has 0 amide bonds. The van der Waals surface area contributed by atoms with Gasteiger partial charge < -0.3 is 19.7 Å². The first-order valence-corrected chi connectivity index (χ1v) is 7.43. The van der Waals surface area contributed by atoms with Crippen molar-refractivity contribution in [1.29, 1.82) is 0 Å². The number of ether oxygens (including phenoxy) is 2. The molecule has 7 nitrogen and oxygen atoms in total. The van der Waals surface area contributed by atoms with E-state index in [4.69, 9.17) is 9.47 Å². The number of rotatable bonds is 4. The predicted octanol–water partition coefficient (Wildman–Crippen LogP) is -0.543. The maximum absolute atomic E-state index is 12.2. The summed E-state index contributed by atoms with van der Waals surface area (Å²) in [6.07, 6.45) is 3.00. The van der Waals surface area contributed by atoms with Crippen LogP contribution in [0.2, 0.25) is 0 Å². The highest BCUT2D eigenvalue weighted by molar-refractivity contribution is 5.44. The van der Waals surface area contributed by atoms with Crippen molar-refractivity contribution in [2.45, 2.75) is 25.2 Å². The van der Waals surface area contributed by atoms with Gasteiger partial charge in [0.05, 0.1) is 37.2 Å². The Morgan fingerprint density at radius 3 is 3.14 bits per heavy atom. The Morgan fingerprint density at radius 1 is 1.57 bits per heavy atom. The van der Waals surface area contributed by atoms with E-state index in [0.717, 1.165) is 38.3 Å². The molecule has 0 radical (unpaired) electrons. The first-order valence-electron chi connectivity index (χ1n) is 7.43. The second-order valence-electron chi connectivity index (χ2n) is 5.52. The minimum Gasteiger partial charge on any atom is -0.380 e. The summed E-state index contributed by atoms with van der Waals surface area (Å²) in [6, 6.07) is 1.65. The molecule has 7 heteroatoms. The minimum atomic E-state index is -0.0810. The van der Waals surface area contributed by atoms with Gasteiger partial charge in [0, 0.05) is 39.4 Å². The molecule has 1 aromatic rings. The summed E-state index contributed by atoms with van der Waals surface area (Å²) < 4.78 is 12.4. The number of aromatic nitrogens is 2. The van der Waals surface area contributed by atoms with Crippen molar-refractivity contribution in [1.82, 2.24) is 15.1 Å². The molecule has 2 saturated heterocycles. The van der Waals surface area contributed by atoms with E-state index in [9.17, 15) is 4.79 Å². The van der Waals surface area contributed by atoms with E-state index in [0.29, 0.717) is 13.2 Å². The van der Waals surface area contributed by atoms with Crippen molar-refractivity contribution in [3.63, 3.8) is 0 Å². The van der Waals surface area contributed by atoms with Gasteiger partial charge in [0.2, 0.25) is 0 Å². The molecule has 3 rings (SSSR count). The van der Waals surface area contributed by atoms with E-state index in [-0.39, 0.29) is 17.8 Å². The molecule has 116 valence electrons. The lowest BCUT2D eigenvalue weighted by Crippen LogP contribution is -2.42. The second-order valence-corrected chi connectivity index (χ2v) is 5.52. The van der Waals surface area contributed by atoms with Gasteiger partial charge >= 0.3 is 0 Å². The Hall–Kier alpha value is -1.44. The maximum Gasteiger partial charge on any atom is 0.268 e. The number of nitrogens with one attached hydrogen (secondary N) is 1. The Labute approximate surface area is 123 Å². The third kappa shape index (κ3) is 3.42. The van der Waals surface area contributed by atoms with Gasteiger partial charge in [-0.1, -0.05) is 0 Å². The van der Waals surface area contributed by atoms with E-state index in [1.54, 1.807) is 19.4 Å². The molecule has 0 bridgehead atoms. The topological polar surface area (TPSA) is 68.6 Å². The molecule has 1 aromatic heterocycles. The number of anilines is 1. The Bertz CT molecular complexity index is 527. The Morgan fingerprint density at radius 2 is 2.48 bits per heavy atom. The van der Waals surface area contributed by atoms with Crippen LogP contribution in [0.3, 0.4) is 0 Å². The number of methoxy groups -OCH3 is 1. The molecule has 2 unspecified atom stereocenters. The molecule has 2 atom stereocenters. The summed E-state index contributed by atoms with van der Waals surface area (Å²) in [4.78, 5) is 14.3.